The second-order valence-electron chi connectivity index (χ2n) is 8.63. The van der Waals surface area contributed by atoms with Crippen LogP contribution in [0.2, 0.25) is 0 Å². The van der Waals surface area contributed by atoms with Crippen molar-refractivity contribution in [3.63, 3.8) is 0 Å². The van der Waals surface area contributed by atoms with Crippen LogP contribution >= 0.6 is 11.8 Å². The minimum Gasteiger partial charge on any atom is -0.324 e. The highest BCUT2D eigenvalue weighted by atomic mass is 32.2. The molecule has 9 nitrogen and oxygen atoms in total. The molecule has 1 aliphatic rings. The van der Waals surface area contributed by atoms with Gasteiger partial charge in [-0.15, -0.1) is 0 Å². The molecule has 0 spiro atoms. The van der Waals surface area contributed by atoms with E-state index in [4.69, 9.17) is 0 Å². The van der Waals surface area contributed by atoms with E-state index >= 15 is 0 Å². The Labute approximate surface area is 199 Å². The van der Waals surface area contributed by atoms with Crippen molar-refractivity contribution < 1.29 is 24.4 Å². The largest absolute Gasteiger partial charge is 0.344 e. The van der Waals surface area contributed by atoms with Gasteiger partial charge in [-0.25, -0.2) is 10.3 Å². The van der Waals surface area contributed by atoms with E-state index in [1.165, 1.54) is 0 Å². The van der Waals surface area contributed by atoms with Crippen LogP contribution in [0.25, 0.3) is 0 Å². The number of hydrazine groups is 1. The molecule has 1 aliphatic heterocycles. The van der Waals surface area contributed by atoms with Crippen molar-refractivity contribution >= 4 is 35.5 Å². The number of rotatable bonds is 13. The number of nitrogens with zero attached hydrogens (tertiary/aromatic N) is 1. The van der Waals surface area contributed by atoms with Crippen LogP contribution in [0.15, 0.2) is 30.3 Å². The summed E-state index contributed by atoms with van der Waals surface area (Å²) in [4.78, 5) is 50.6. The zero-order valence-corrected chi connectivity index (χ0v) is 20.2. The predicted molar refractivity (Wildman–Crippen MR) is 126 cm³/mol. The van der Waals surface area contributed by atoms with E-state index in [0.29, 0.717) is 36.4 Å². The Bertz CT molecular complexity index is 820. The molecule has 5 amide bonds. The van der Waals surface area contributed by atoms with Gasteiger partial charge >= 0.3 is 6.03 Å². The van der Waals surface area contributed by atoms with Crippen molar-refractivity contribution in [3.05, 3.63) is 35.9 Å². The fourth-order valence-corrected chi connectivity index (χ4v) is 4.46. The zero-order valence-electron chi connectivity index (χ0n) is 19.4. The lowest BCUT2D eigenvalue weighted by molar-refractivity contribution is -0.144. The highest BCUT2D eigenvalue weighted by Crippen LogP contribution is 2.27. The van der Waals surface area contributed by atoms with Gasteiger partial charge in [0.25, 0.3) is 5.91 Å². The lowest BCUT2D eigenvalue weighted by Gasteiger charge is -2.27. The highest BCUT2D eigenvalue weighted by Gasteiger charge is 2.41. The molecule has 182 valence electrons. The van der Waals surface area contributed by atoms with Crippen LogP contribution in [0.1, 0.15) is 45.1 Å². The molecule has 2 rings (SSSR count). The first kappa shape index (κ1) is 26.7. The first-order valence-electron chi connectivity index (χ1n) is 11.2. The van der Waals surface area contributed by atoms with E-state index in [1.54, 1.807) is 17.2 Å². The molecule has 0 aromatic heterocycles. The fourth-order valence-electron chi connectivity index (χ4n) is 3.99. The normalized spacial score (nSPS) is 17.6. The minimum absolute atomic E-state index is 0.0706. The molecule has 33 heavy (non-hydrogen) atoms. The maximum Gasteiger partial charge on any atom is 0.344 e. The molecule has 1 aromatic rings. The van der Waals surface area contributed by atoms with Crippen molar-refractivity contribution in [1.82, 2.24) is 21.2 Å². The average molecular weight is 479 g/mol. The first-order valence-corrected chi connectivity index (χ1v) is 12.6. The lowest BCUT2D eigenvalue weighted by Crippen LogP contribution is -2.51. The second kappa shape index (κ2) is 13.2. The summed E-state index contributed by atoms with van der Waals surface area (Å²) in [5, 5.41) is 12.6. The maximum atomic E-state index is 13.2. The van der Waals surface area contributed by atoms with Crippen LogP contribution in [0, 0.1) is 17.8 Å². The van der Waals surface area contributed by atoms with Gasteiger partial charge in [0.15, 0.2) is 0 Å². The third-order valence-corrected chi connectivity index (χ3v) is 6.31. The number of carbonyl (C=O) groups is 4. The number of hydrogen-bond donors (Lipinski definition) is 4. The standard InChI is InChI=1S/C23H34N4O5S/c1-15(2)14-18(17(21(29)26-32)11-7-10-16-8-5-4-6-9-16)20(28)25-27-22(30)19(12-13-33-3)24-23(27)31/h4-6,8-9,15,17-19,32H,7,10-14H2,1-3H3,(H,24,31)(H,25,28)(H,26,29)/t17-,18+,19?/m0/s1. The summed E-state index contributed by atoms with van der Waals surface area (Å²) in [5.74, 6) is -2.63. The zero-order chi connectivity index (χ0) is 24.4. The smallest absolute Gasteiger partial charge is 0.324 e. The van der Waals surface area contributed by atoms with E-state index < -0.39 is 41.6 Å². The van der Waals surface area contributed by atoms with Gasteiger partial charge in [0.1, 0.15) is 6.04 Å². The fraction of sp³-hybridized carbons (Fsp3) is 0.565. The number of amides is 5. The summed E-state index contributed by atoms with van der Waals surface area (Å²) in [6, 6.07) is 8.41. The molecule has 1 aromatic carbocycles. The Morgan fingerprint density at radius 1 is 1.15 bits per heavy atom. The van der Waals surface area contributed by atoms with E-state index in [2.05, 4.69) is 10.7 Å². The monoisotopic (exact) mass is 478 g/mol. The van der Waals surface area contributed by atoms with Gasteiger partial charge in [-0.3, -0.25) is 25.0 Å². The predicted octanol–water partition coefficient (Wildman–Crippen LogP) is 2.50. The number of urea groups is 1. The minimum atomic E-state index is -0.821. The van der Waals surface area contributed by atoms with Gasteiger partial charge in [-0.2, -0.15) is 16.8 Å². The Morgan fingerprint density at radius 3 is 2.45 bits per heavy atom. The first-order chi connectivity index (χ1) is 15.8. The molecule has 1 fully saturated rings. The molecule has 4 N–H and O–H groups in total. The lowest BCUT2D eigenvalue weighted by atomic mass is 9.81. The molecular weight excluding hydrogens is 444 g/mol. The van der Waals surface area contributed by atoms with Crippen LogP contribution in [-0.2, 0) is 20.8 Å². The number of hydroxylamine groups is 1. The molecule has 0 bridgehead atoms. The number of benzene rings is 1. The van der Waals surface area contributed by atoms with Crippen LogP contribution in [0.4, 0.5) is 4.79 Å². The molecule has 1 saturated heterocycles. The second-order valence-corrected chi connectivity index (χ2v) is 9.62. The van der Waals surface area contributed by atoms with Crippen molar-refractivity contribution in [2.45, 2.75) is 52.0 Å². The number of thioether (sulfide) groups is 1. The molecule has 3 atom stereocenters. The van der Waals surface area contributed by atoms with Crippen LogP contribution in [-0.4, -0.2) is 52.0 Å². The molecule has 1 heterocycles. The number of aryl methyl sites for hydroxylation is 1. The Hall–Kier alpha value is -2.59. The maximum absolute atomic E-state index is 13.2. The van der Waals surface area contributed by atoms with Crippen molar-refractivity contribution in [1.29, 1.82) is 0 Å². The van der Waals surface area contributed by atoms with Gasteiger partial charge in [0.05, 0.1) is 11.8 Å². The van der Waals surface area contributed by atoms with Gasteiger partial charge in [-0.05, 0) is 55.6 Å². The van der Waals surface area contributed by atoms with Crippen molar-refractivity contribution in [3.8, 4) is 0 Å². The average Bonchev–Trinajstić information content (AvgIpc) is 3.06. The van der Waals surface area contributed by atoms with Gasteiger partial charge < -0.3 is 5.32 Å². The molecule has 0 radical (unpaired) electrons. The Kier molecular flexibility index (Phi) is 10.7. The number of hydrogen-bond acceptors (Lipinski definition) is 6. The van der Waals surface area contributed by atoms with Crippen molar-refractivity contribution in [2.24, 2.45) is 17.8 Å². The van der Waals surface area contributed by atoms with Gasteiger partial charge in [0.2, 0.25) is 11.8 Å². The molecule has 1 unspecified atom stereocenters. The number of carbonyl (C=O) groups excluding carboxylic acids is 4. The van der Waals surface area contributed by atoms with E-state index in [9.17, 15) is 24.4 Å². The van der Waals surface area contributed by atoms with Crippen molar-refractivity contribution in [2.75, 3.05) is 12.0 Å². The Balaban J connectivity index is 2.12. The van der Waals surface area contributed by atoms with Crippen LogP contribution in [0.3, 0.4) is 0 Å². The molecular formula is C23H34N4O5S. The summed E-state index contributed by atoms with van der Waals surface area (Å²) < 4.78 is 0. The summed E-state index contributed by atoms with van der Waals surface area (Å²) in [6.07, 6.45) is 4.43. The Morgan fingerprint density at radius 2 is 1.85 bits per heavy atom. The SMILES string of the molecule is CSCCC1NC(=O)N(NC(=O)[C@H](CC(C)C)[C@H](CCCc2ccccc2)C(=O)NO)C1=O. The number of imide groups is 1. The van der Waals surface area contributed by atoms with E-state index in [-0.39, 0.29) is 5.92 Å². The summed E-state index contributed by atoms with van der Waals surface area (Å²) in [6.45, 7) is 3.84. The van der Waals surface area contributed by atoms with E-state index in [1.807, 2.05) is 50.4 Å². The highest BCUT2D eigenvalue weighted by molar-refractivity contribution is 7.98. The van der Waals surface area contributed by atoms with E-state index in [0.717, 1.165) is 12.0 Å². The topological polar surface area (TPSA) is 128 Å². The van der Waals surface area contributed by atoms with Gasteiger partial charge in [-0.1, -0.05) is 44.2 Å². The summed E-state index contributed by atoms with van der Waals surface area (Å²) in [7, 11) is 0. The summed E-state index contributed by atoms with van der Waals surface area (Å²) in [5.41, 5.74) is 5.22. The van der Waals surface area contributed by atoms with Gasteiger partial charge in [0, 0.05) is 0 Å². The number of nitrogens with one attached hydrogen (secondary N) is 3. The van der Waals surface area contributed by atoms with Crippen LogP contribution < -0.4 is 16.2 Å². The molecule has 0 saturated carbocycles. The molecule has 0 aliphatic carbocycles. The third kappa shape index (κ3) is 7.75. The summed E-state index contributed by atoms with van der Waals surface area (Å²) >= 11 is 1.56. The molecule has 10 heteroatoms. The quantitative estimate of drug-likeness (QED) is 0.196. The third-order valence-electron chi connectivity index (χ3n) is 5.67. The van der Waals surface area contributed by atoms with Crippen LogP contribution in [0.5, 0.6) is 0 Å².